The molecule has 3 rings (SSSR count). The Kier molecular flexibility index (Phi) is 6.41. The molecule has 3 heterocycles. The van der Waals surface area contributed by atoms with Crippen molar-refractivity contribution in [2.75, 3.05) is 18.0 Å². The van der Waals surface area contributed by atoms with Crippen LogP contribution >= 0.6 is 11.8 Å². The number of alkyl carbamates (subject to hydrolysis) is 1. The Hall–Kier alpha value is -2.62. The smallest absolute Gasteiger partial charge is 0.407 e. The molecular weight excluding hydrogens is 394 g/mol. The lowest BCUT2D eigenvalue weighted by molar-refractivity contribution is -0.115. The average molecular weight is 422 g/mol. The highest BCUT2D eigenvalue weighted by Gasteiger charge is 2.26. The first-order valence-electron chi connectivity index (χ1n) is 9.49. The number of aromatic nitrogens is 2. The SMILES string of the molecule is CC(C)(C)OC(=O)NC1CCN(c2nccc(C/C=C3\SC(=O)NC3=O)n2)CC1.[HH]. The first-order valence-corrected chi connectivity index (χ1v) is 10.3. The first kappa shape index (κ1) is 21.1. The maximum absolute atomic E-state index is 11.9. The highest BCUT2D eigenvalue weighted by Crippen LogP contribution is 2.23. The number of ether oxygens (including phenoxy) is 1. The first-order chi connectivity index (χ1) is 13.7. The molecule has 1 aromatic rings. The summed E-state index contributed by atoms with van der Waals surface area (Å²) in [7, 11) is 0. The van der Waals surface area contributed by atoms with Crippen LogP contribution < -0.4 is 15.5 Å². The van der Waals surface area contributed by atoms with Gasteiger partial charge in [-0.3, -0.25) is 14.9 Å². The fourth-order valence-electron chi connectivity index (χ4n) is 3.01. The van der Waals surface area contributed by atoms with E-state index in [0.717, 1.165) is 43.4 Å². The molecule has 3 amide bonds. The summed E-state index contributed by atoms with van der Waals surface area (Å²) in [5.41, 5.74) is 0.253. The van der Waals surface area contributed by atoms with Crippen LogP contribution in [-0.4, -0.2) is 51.9 Å². The van der Waals surface area contributed by atoms with Gasteiger partial charge in [-0.1, -0.05) is 6.08 Å². The van der Waals surface area contributed by atoms with Gasteiger partial charge in [0.25, 0.3) is 11.1 Å². The minimum absolute atomic E-state index is 0. The molecule has 0 aromatic carbocycles. The Morgan fingerprint density at radius 3 is 2.76 bits per heavy atom. The van der Waals surface area contributed by atoms with E-state index in [9.17, 15) is 14.4 Å². The molecule has 29 heavy (non-hydrogen) atoms. The number of hydrogen-bond acceptors (Lipinski definition) is 8. The van der Waals surface area contributed by atoms with E-state index in [1.807, 2.05) is 20.8 Å². The van der Waals surface area contributed by atoms with Gasteiger partial charge in [0.15, 0.2) is 0 Å². The Labute approximate surface area is 175 Å². The molecule has 0 bridgehead atoms. The molecule has 10 heteroatoms. The second kappa shape index (κ2) is 8.81. The van der Waals surface area contributed by atoms with E-state index in [1.165, 1.54) is 0 Å². The molecule has 0 spiro atoms. The molecular formula is C19H27N5O4S. The number of thioether (sulfide) groups is 1. The molecule has 0 atom stereocenters. The summed E-state index contributed by atoms with van der Waals surface area (Å²) >= 11 is 0.896. The lowest BCUT2D eigenvalue weighted by Crippen LogP contribution is -2.46. The fourth-order valence-corrected chi connectivity index (χ4v) is 3.66. The molecule has 0 unspecified atom stereocenters. The standard InChI is InChI=1S/C19H25N5O4S.H2/c1-19(2,3)28-17(26)22-13-7-10-24(11-8-13)16-20-9-6-12(21-16)4-5-14-15(25)23-18(27)29-14;/h5-6,9,13H,4,7-8,10-11H2,1-3H3,(H,22,26)(H,23,25,27);1H/b14-5-;. The summed E-state index contributed by atoms with van der Waals surface area (Å²) in [6.45, 7) is 6.96. The number of hydrogen-bond donors (Lipinski definition) is 2. The van der Waals surface area contributed by atoms with E-state index in [4.69, 9.17) is 4.74 Å². The van der Waals surface area contributed by atoms with Crippen LogP contribution in [0.4, 0.5) is 15.5 Å². The van der Waals surface area contributed by atoms with Crippen molar-refractivity contribution in [1.82, 2.24) is 20.6 Å². The molecule has 0 aliphatic carbocycles. The van der Waals surface area contributed by atoms with Crippen LogP contribution in [0.25, 0.3) is 0 Å². The summed E-state index contributed by atoms with van der Waals surface area (Å²) < 4.78 is 5.31. The average Bonchev–Trinajstić information content (AvgIpc) is 2.96. The maximum atomic E-state index is 11.9. The molecule has 0 saturated carbocycles. The third kappa shape index (κ3) is 6.18. The van der Waals surface area contributed by atoms with Crippen LogP contribution in [0.15, 0.2) is 23.2 Å². The molecule has 2 fully saturated rings. The van der Waals surface area contributed by atoms with Gasteiger partial charge < -0.3 is 15.0 Å². The van der Waals surface area contributed by atoms with Crippen molar-refractivity contribution in [3.05, 3.63) is 28.9 Å². The molecule has 2 aliphatic heterocycles. The van der Waals surface area contributed by atoms with Gasteiger partial charge in [0, 0.05) is 38.9 Å². The van der Waals surface area contributed by atoms with Crippen molar-refractivity contribution in [3.8, 4) is 0 Å². The number of imide groups is 1. The third-order valence-electron chi connectivity index (χ3n) is 4.34. The van der Waals surface area contributed by atoms with Crippen molar-refractivity contribution in [2.24, 2.45) is 0 Å². The van der Waals surface area contributed by atoms with Crippen LogP contribution in [0.2, 0.25) is 0 Å². The Balaban J connectivity index is 0.00000320. The number of piperidine rings is 1. The van der Waals surface area contributed by atoms with E-state index < -0.39 is 11.7 Å². The number of carbonyl (C=O) groups is 3. The molecule has 158 valence electrons. The largest absolute Gasteiger partial charge is 0.444 e. The maximum Gasteiger partial charge on any atom is 0.407 e. The van der Waals surface area contributed by atoms with Gasteiger partial charge in [-0.05, 0) is 51.4 Å². The number of amides is 3. The Morgan fingerprint density at radius 1 is 1.41 bits per heavy atom. The quantitative estimate of drug-likeness (QED) is 0.713. The van der Waals surface area contributed by atoms with Crippen LogP contribution in [0, 0.1) is 0 Å². The molecule has 1 aromatic heterocycles. The van der Waals surface area contributed by atoms with Gasteiger partial charge in [-0.25, -0.2) is 14.8 Å². The van der Waals surface area contributed by atoms with E-state index in [2.05, 4.69) is 25.5 Å². The zero-order chi connectivity index (χ0) is 21.0. The lowest BCUT2D eigenvalue weighted by Gasteiger charge is -2.32. The highest BCUT2D eigenvalue weighted by atomic mass is 32.2. The monoisotopic (exact) mass is 421 g/mol. The number of rotatable bonds is 4. The normalized spacial score (nSPS) is 19.4. The number of anilines is 1. The van der Waals surface area contributed by atoms with Crippen LogP contribution in [0.5, 0.6) is 0 Å². The summed E-state index contributed by atoms with van der Waals surface area (Å²) in [6.07, 6.45) is 4.98. The highest BCUT2D eigenvalue weighted by molar-refractivity contribution is 8.18. The minimum Gasteiger partial charge on any atom is -0.444 e. The second-order valence-corrected chi connectivity index (χ2v) is 8.89. The van der Waals surface area contributed by atoms with Crippen LogP contribution in [0.3, 0.4) is 0 Å². The molecule has 2 aliphatic rings. The third-order valence-corrected chi connectivity index (χ3v) is 5.20. The minimum atomic E-state index is -0.515. The van der Waals surface area contributed by atoms with Crippen molar-refractivity contribution in [1.29, 1.82) is 0 Å². The van der Waals surface area contributed by atoms with E-state index in [-0.39, 0.29) is 18.6 Å². The van der Waals surface area contributed by atoms with Gasteiger partial charge >= 0.3 is 6.09 Å². The van der Waals surface area contributed by atoms with Gasteiger partial charge in [0.05, 0.1) is 4.91 Å². The number of nitrogens with one attached hydrogen (secondary N) is 2. The van der Waals surface area contributed by atoms with E-state index >= 15 is 0 Å². The van der Waals surface area contributed by atoms with Crippen molar-refractivity contribution in [3.63, 3.8) is 0 Å². The number of nitrogens with zero attached hydrogens (tertiary/aromatic N) is 3. The van der Waals surface area contributed by atoms with Gasteiger partial charge in [-0.2, -0.15) is 0 Å². The zero-order valence-corrected chi connectivity index (χ0v) is 17.5. The summed E-state index contributed by atoms with van der Waals surface area (Å²) in [6, 6.07) is 1.85. The summed E-state index contributed by atoms with van der Waals surface area (Å²) in [4.78, 5) is 46.1. The molecule has 2 saturated heterocycles. The Bertz CT molecular complexity index is 834. The van der Waals surface area contributed by atoms with Crippen molar-refractivity contribution < 1.29 is 20.5 Å². The summed E-state index contributed by atoms with van der Waals surface area (Å²) in [5.74, 6) is 0.255. The zero-order valence-electron chi connectivity index (χ0n) is 16.7. The predicted octanol–water partition coefficient (Wildman–Crippen LogP) is 2.63. The molecule has 2 N–H and O–H groups in total. The number of carbonyl (C=O) groups excluding carboxylic acids is 3. The molecule has 9 nitrogen and oxygen atoms in total. The second-order valence-electron chi connectivity index (χ2n) is 7.87. The van der Waals surface area contributed by atoms with Crippen molar-refractivity contribution in [2.45, 2.75) is 51.7 Å². The predicted molar refractivity (Wildman–Crippen MR) is 112 cm³/mol. The fraction of sp³-hybridized carbons (Fsp3) is 0.526. The van der Waals surface area contributed by atoms with Crippen LogP contribution in [0.1, 0.15) is 40.7 Å². The van der Waals surface area contributed by atoms with Gasteiger partial charge in [-0.15, -0.1) is 0 Å². The molecule has 0 radical (unpaired) electrons. The van der Waals surface area contributed by atoms with E-state index in [1.54, 1.807) is 18.3 Å². The topological polar surface area (TPSA) is 114 Å². The number of allylic oxidation sites excluding steroid dienone is 1. The Morgan fingerprint density at radius 2 is 2.14 bits per heavy atom. The summed E-state index contributed by atoms with van der Waals surface area (Å²) in [5, 5.41) is 4.79. The van der Waals surface area contributed by atoms with Crippen molar-refractivity contribution >= 4 is 34.9 Å². The lowest BCUT2D eigenvalue weighted by atomic mass is 10.1. The van der Waals surface area contributed by atoms with Gasteiger partial charge in [0.1, 0.15) is 5.60 Å². The van der Waals surface area contributed by atoms with E-state index in [0.29, 0.717) is 17.3 Å². The van der Waals surface area contributed by atoms with Crippen LogP contribution in [-0.2, 0) is 16.0 Å². The van der Waals surface area contributed by atoms with Gasteiger partial charge in [0.2, 0.25) is 5.95 Å².